The molecule has 8 rings (SSSR count). The highest BCUT2D eigenvalue weighted by atomic mass is 14.3. The van der Waals surface area contributed by atoms with E-state index in [1.54, 1.807) is 11.1 Å². The zero-order valence-corrected chi connectivity index (χ0v) is 12.8. The van der Waals surface area contributed by atoms with E-state index in [-0.39, 0.29) is 0 Å². The molecule has 0 amide bonds. The number of allylic oxidation sites excluding steroid dienone is 2. The van der Waals surface area contributed by atoms with E-state index in [4.69, 9.17) is 0 Å². The fourth-order valence-electron chi connectivity index (χ4n) is 4.46. The molecule has 0 heterocycles. The third-order valence-corrected chi connectivity index (χ3v) is 5.58. The maximum atomic E-state index is 2.43. The Morgan fingerprint density at radius 1 is 0.636 bits per heavy atom. The Labute approximate surface area is 132 Å². The highest BCUT2D eigenvalue weighted by molar-refractivity contribution is 5.62. The molecule has 0 spiro atoms. The highest BCUT2D eigenvalue weighted by Crippen LogP contribution is 2.38. The van der Waals surface area contributed by atoms with Crippen LogP contribution in [0, 0.1) is 0 Å². The van der Waals surface area contributed by atoms with Crippen LogP contribution in [0.3, 0.4) is 0 Å². The summed E-state index contributed by atoms with van der Waals surface area (Å²) in [5, 5.41) is 0. The molecule has 0 unspecified atom stereocenters. The molecule has 0 saturated heterocycles. The standard InChI is InChI=1S/C22H20/c1-3-17-11-15-7-9-21(17)19(5-1)13-16-8-10-22-18(12-16)4-2-6-20(22)14-15/h1-4,7-12,19-20H,5-6,13-14H2/t19-,20+. The van der Waals surface area contributed by atoms with Crippen LogP contribution in [0.25, 0.3) is 12.2 Å². The van der Waals surface area contributed by atoms with Crippen molar-refractivity contribution in [3.05, 3.63) is 81.9 Å². The first-order valence-corrected chi connectivity index (χ1v) is 8.45. The van der Waals surface area contributed by atoms with Gasteiger partial charge in [-0.1, -0.05) is 60.7 Å². The minimum Gasteiger partial charge on any atom is -0.0833 e. The number of rotatable bonds is 0. The van der Waals surface area contributed by atoms with Crippen LogP contribution in [0.5, 0.6) is 0 Å². The summed E-state index contributed by atoms with van der Waals surface area (Å²) in [6.07, 6.45) is 14.0. The third-order valence-electron chi connectivity index (χ3n) is 5.58. The van der Waals surface area contributed by atoms with Crippen molar-refractivity contribution in [1.82, 2.24) is 0 Å². The van der Waals surface area contributed by atoms with E-state index in [1.165, 1.54) is 35.1 Å². The van der Waals surface area contributed by atoms with Gasteiger partial charge in [0.25, 0.3) is 0 Å². The zero-order chi connectivity index (χ0) is 14.5. The predicted octanol–water partition coefficient (Wildman–Crippen LogP) is 5.49. The minimum atomic E-state index is 0.634. The molecule has 2 atom stereocenters. The summed E-state index contributed by atoms with van der Waals surface area (Å²) >= 11 is 0. The molecule has 0 nitrogen and oxygen atoms in total. The maximum absolute atomic E-state index is 2.43. The smallest absolute Gasteiger partial charge is 0.00809 e. The molecule has 0 aliphatic heterocycles. The molecule has 0 fully saturated rings. The lowest BCUT2D eigenvalue weighted by Crippen LogP contribution is -2.12. The first kappa shape index (κ1) is 12.5. The van der Waals surface area contributed by atoms with Gasteiger partial charge in [0.15, 0.2) is 0 Å². The van der Waals surface area contributed by atoms with Crippen molar-refractivity contribution >= 4 is 12.2 Å². The van der Waals surface area contributed by atoms with Gasteiger partial charge in [-0.05, 0) is 70.9 Å². The molecule has 6 aliphatic rings. The van der Waals surface area contributed by atoms with Crippen molar-refractivity contribution in [3.8, 4) is 0 Å². The quantitative estimate of drug-likeness (QED) is 0.600. The second-order valence-electron chi connectivity index (χ2n) is 7.00. The van der Waals surface area contributed by atoms with Gasteiger partial charge < -0.3 is 0 Å². The summed E-state index contributed by atoms with van der Waals surface area (Å²) in [7, 11) is 0. The van der Waals surface area contributed by atoms with Crippen molar-refractivity contribution in [1.29, 1.82) is 0 Å². The van der Waals surface area contributed by atoms with E-state index < -0.39 is 0 Å². The molecule has 22 heavy (non-hydrogen) atoms. The van der Waals surface area contributed by atoms with E-state index in [0.29, 0.717) is 11.8 Å². The molecular weight excluding hydrogens is 264 g/mol. The lowest BCUT2D eigenvalue weighted by atomic mass is 9.77. The molecule has 0 saturated carbocycles. The lowest BCUT2D eigenvalue weighted by Gasteiger charge is -2.27. The van der Waals surface area contributed by atoms with Gasteiger partial charge in [0, 0.05) is 0 Å². The molecule has 8 bridgehead atoms. The van der Waals surface area contributed by atoms with Gasteiger partial charge in [0.2, 0.25) is 0 Å². The monoisotopic (exact) mass is 284 g/mol. The molecular formula is C22H20. The summed E-state index contributed by atoms with van der Waals surface area (Å²) in [6.45, 7) is 0. The van der Waals surface area contributed by atoms with Gasteiger partial charge in [-0.2, -0.15) is 0 Å². The van der Waals surface area contributed by atoms with Crippen LogP contribution in [0.1, 0.15) is 58.1 Å². The van der Waals surface area contributed by atoms with Gasteiger partial charge in [0.1, 0.15) is 0 Å². The van der Waals surface area contributed by atoms with Gasteiger partial charge >= 0.3 is 0 Å². The molecule has 0 radical (unpaired) electrons. The Kier molecular flexibility index (Phi) is 2.67. The number of hydrogen-bond acceptors (Lipinski definition) is 0. The molecule has 0 heteroatoms. The fraction of sp³-hybridized carbons (Fsp3) is 0.273. The SMILES string of the molecule is C1=Cc2cc3ccc2[C@H](C1)Cc1ccc2c(c1)C=CC[C@H]2C3. The first-order valence-electron chi connectivity index (χ1n) is 8.45. The second kappa shape index (κ2) is 4.71. The van der Waals surface area contributed by atoms with Crippen molar-refractivity contribution in [2.75, 3.05) is 0 Å². The average molecular weight is 284 g/mol. The third kappa shape index (κ3) is 1.90. The summed E-state index contributed by atoms with van der Waals surface area (Å²) in [4.78, 5) is 0. The van der Waals surface area contributed by atoms with Crippen LogP contribution in [-0.4, -0.2) is 0 Å². The normalized spacial score (nSPS) is 24.2. The molecule has 0 N–H and O–H groups in total. The molecule has 6 aliphatic carbocycles. The van der Waals surface area contributed by atoms with Crippen LogP contribution in [0.2, 0.25) is 0 Å². The van der Waals surface area contributed by atoms with Crippen molar-refractivity contribution in [2.45, 2.75) is 37.5 Å². The summed E-state index contributed by atoms with van der Waals surface area (Å²) in [6, 6.07) is 14.4. The molecule has 2 aromatic carbocycles. The Bertz CT molecular complexity index is 737. The van der Waals surface area contributed by atoms with Crippen LogP contribution in [0.15, 0.2) is 48.6 Å². The highest BCUT2D eigenvalue weighted by Gasteiger charge is 2.23. The fourth-order valence-corrected chi connectivity index (χ4v) is 4.46. The summed E-state index contributed by atoms with van der Waals surface area (Å²) in [5.41, 5.74) is 8.97. The summed E-state index contributed by atoms with van der Waals surface area (Å²) in [5.74, 6) is 1.27. The van der Waals surface area contributed by atoms with E-state index in [0.717, 1.165) is 12.8 Å². The second-order valence-corrected chi connectivity index (χ2v) is 7.00. The van der Waals surface area contributed by atoms with Gasteiger partial charge in [-0.3, -0.25) is 0 Å². The van der Waals surface area contributed by atoms with E-state index >= 15 is 0 Å². The summed E-state index contributed by atoms with van der Waals surface area (Å²) < 4.78 is 0. The Balaban J connectivity index is 1.72. The number of benzene rings is 2. The van der Waals surface area contributed by atoms with E-state index in [1.807, 2.05) is 0 Å². The first-order chi connectivity index (χ1) is 10.9. The Morgan fingerprint density at radius 2 is 1.14 bits per heavy atom. The molecule has 108 valence electrons. The minimum absolute atomic E-state index is 0.634. The average Bonchev–Trinajstić information content (AvgIpc) is 2.54. The van der Waals surface area contributed by atoms with Crippen molar-refractivity contribution < 1.29 is 0 Å². The Hall–Kier alpha value is -2.08. The van der Waals surface area contributed by atoms with Crippen LogP contribution in [0.4, 0.5) is 0 Å². The van der Waals surface area contributed by atoms with Gasteiger partial charge in [0.05, 0.1) is 0 Å². The van der Waals surface area contributed by atoms with Crippen LogP contribution in [-0.2, 0) is 12.8 Å². The van der Waals surface area contributed by atoms with Crippen LogP contribution < -0.4 is 0 Å². The van der Waals surface area contributed by atoms with Crippen LogP contribution >= 0.6 is 0 Å². The number of hydrogen-bond donors (Lipinski definition) is 0. The maximum Gasteiger partial charge on any atom is -0.00809 e. The molecule has 2 aromatic rings. The van der Waals surface area contributed by atoms with E-state index in [9.17, 15) is 0 Å². The Morgan fingerprint density at radius 3 is 1.64 bits per heavy atom. The zero-order valence-electron chi connectivity index (χ0n) is 12.8. The predicted molar refractivity (Wildman–Crippen MR) is 93.1 cm³/mol. The largest absolute Gasteiger partial charge is 0.0833 e. The lowest BCUT2D eigenvalue weighted by molar-refractivity contribution is 0.668. The van der Waals surface area contributed by atoms with E-state index in [2.05, 4.69) is 60.7 Å². The van der Waals surface area contributed by atoms with Crippen molar-refractivity contribution in [2.24, 2.45) is 0 Å². The molecule has 0 aromatic heterocycles. The van der Waals surface area contributed by atoms with Crippen molar-refractivity contribution in [3.63, 3.8) is 0 Å². The topological polar surface area (TPSA) is 0 Å². The van der Waals surface area contributed by atoms with Gasteiger partial charge in [-0.15, -0.1) is 0 Å². The van der Waals surface area contributed by atoms with Gasteiger partial charge in [-0.25, -0.2) is 0 Å².